The fraction of sp³-hybridized carbons (Fsp3) is 0.353. The third-order valence-corrected chi connectivity index (χ3v) is 7.44. The topological polar surface area (TPSA) is 74.6 Å². The van der Waals surface area contributed by atoms with E-state index in [0.29, 0.717) is 16.7 Å². The second kappa shape index (κ2) is 12.7. The van der Waals surface area contributed by atoms with Crippen LogP contribution in [0.2, 0.25) is 0 Å². The molecule has 0 aromatic heterocycles. The van der Waals surface area contributed by atoms with Crippen molar-refractivity contribution >= 4 is 17.1 Å². The maximum Gasteiger partial charge on any atom is 0.198 e. The molecule has 0 saturated carbocycles. The maximum atomic E-state index is 13.4. The minimum Gasteiger partial charge on any atom is -0.507 e. The molecule has 0 aliphatic heterocycles. The first kappa shape index (κ1) is 27.4. The molecule has 0 atom stereocenters. The van der Waals surface area contributed by atoms with Gasteiger partial charge in [-0.05, 0) is 60.1 Å². The molecule has 0 spiro atoms. The highest BCUT2D eigenvalue weighted by atomic mass is 16.3. The van der Waals surface area contributed by atoms with Crippen LogP contribution < -0.4 is 0 Å². The highest BCUT2D eigenvalue weighted by Gasteiger charge is 2.33. The standard InChI is InChI=1S/C34H38O4/c1-3-5-7-9-11-23-13-17-25(18-14-23)27-21-29(35)32-31(33(27)37)30(36)22-28(34(32)38)26-19-15-24(16-20-26)12-10-8-6-4-2/h13-22,35,37H,3-12H2,1-2H3. The van der Waals surface area contributed by atoms with Gasteiger partial charge in [0, 0.05) is 11.1 Å². The Balaban J connectivity index is 1.56. The van der Waals surface area contributed by atoms with Gasteiger partial charge in [0.2, 0.25) is 0 Å². The smallest absolute Gasteiger partial charge is 0.198 e. The van der Waals surface area contributed by atoms with Crippen molar-refractivity contribution in [1.29, 1.82) is 0 Å². The predicted octanol–water partition coefficient (Wildman–Crippen LogP) is 8.47. The van der Waals surface area contributed by atoms with E-state index in [1.165, 1.54) is 61.8 Å². The molecule has 2 N–H and O–H groups in total. The second-order valence-electron chi connectivity index (χ2n) is 10.3. The number of benzene rings is 3. The van der Waals surface area contributed by atoms with Gasteiger partial charge in [-0.2, -0.15) is 0 Å². The van der Waals surface area contributed by atoms with Crippen molar-refractivity contribution in [2.75, 3.05) is 0 Å². The SMILES string of the molecule is CCCCCCc1ccc(C2=CC(=O)c3c(O)c(-c4ccc(CCCCCC)cc4)cc(O)c3C2=O)cc1. The Morgan fingerprint density at radius 2 is 1.16 bits per heavy atom. The van der Waals surface area contributed by atoms with E-state index in [-0.39, 0.29) is 28.2 Å². The number of ketones is 2. The fourth-order valence-electron chi connectivity index (χ4n) is 5.18. The molecule has 198 valence electrons. The minimum absolute atomic E-state index is 0.134. The maximum absolute atomic E-state index is 13.4. The Labute approximate surface area is 226 Å². The highest BCUT2D eigenvalue weighted by molar-refractivity contribution is 6.40. The summed E-state index contributed by atoms with van der Waals surface area (Å²) in [5, 5.41) is 21.9. The Hall–Kier alpha value is -3.66. The molecule has 3 aromatic rings. The van der Waals surface area contributed by atoms with Gasteiger partial charge in [-0.1, -0.05) is 101 Å². The molecular formula is C34H38O4. The second-order valence-corrected chi connectivity index (χ2v) is 10.3. The van der Waals surface area contributed by atoms with Crippen LogP contribution in [0.25, 0.3) is 16.7 Å². The van der Waals surface area contributed by atoms with Crippen molar-refractivity contribution in [1.82, 2.24) is 0 Å². The molecule has 1 aliphatic rings. The van der Waals surface area contributed by atoms with Crippen LogP contribution in [-0.2, 0) is 12.8 Å². The van der Waals surface area contributed by atoms with Crippen molar-refractivity contribution in [3.63, 3.8) is 0 Å². The van der Waals surface area contributed by atoms with Crippen LogP contribution in [0, 0.1) is 0 Å². The molecule has 0 heterocycles. The van der Waals surface area contributed by atoms with E-state index < -0.39 is 11.6 Å². The molecule has 3 aromatic carbocycles. The van der Waals surface area contributed by atoms with Crippen molar-refractivity contribution in [2.24, 2.45) is 0 Å². The number of carbonyl (C=O) groups is 2. The minimum atomic E-state index is -0.486. The van der Waals surface area contributed by atoms with Gasteiger partial charge in [0.15, 0.2) is 11.6 Å². The van der Waals surface area contributed by atoms with Gasteiger partial charge in [0.1, 0.15) is 11.5 Å². The van der Waals surface area contributed by atoms with Gasteiger partial charge in [-0.25, -0.2) is 0 Å². The lowest BCUT2D eigenvalue weighted by Gasteiger charge is -2.20. The summed E-state index contributed by atoms with van der Waals surface area (Å²) in [6.07, 6.45) is 12.7. The van der Waals surface area contributed by atoms with Crippen molar-refractivity contribution < 1.29 is 19.8 Å². The van der Waals surface area contributed by atoms with E-state index in [9.17, 15) is 19.8 Å². The number of allylic oxidation sites excluding steroid dienone is 2. The number of hydrogen-bond acceptors (Lipinski definition) is 4. The number of fused-ring (bicyclic) bond motifs is 1. The van der Waals surface area contributed by atoms with Crippen LogP contribution in [0.15, 0.2) is 60.7 Å². The van der Waals surface area contributed by atoms with Gasteiger partial charge >= 0.3 is 0 Å². The summed E-state index contributed by atoms with van der Waals surface area (Å²) in [7, 11) is 0. The van der Waals surface area contributed by atoms with Gasteiger partial charge in [-0.3, -0.25) is 9.59 Å². The number of rotatable bonds is 12. The Morgan fingerprint density at radius 3 is 1.68 bits per heavy atom. The summed E-state index contributed by atoms with van der Waals surface area (Å²) in [5.74, 6) is -1.52. The van der Waals surface area contributed by atoms with E-state index in [0.717, 1.165) is 25.7 Å². The quantitative estimate of drug-likeness (QED) is 0.189. The lowest BCUT2D eigenvalue weighted by molar-refractivity contribution is 0.0997. The summed E-state index contributed by atoms with van der Waals surface area (Å²) in [4.78, 5) is 26.6. The first-order chi connectivity index (χ1) is 18.4. The van der Waals surface area contributed by atoms with Gasteiger partial charge in [0.05, 0.1) is 11.1 Å². The molecule has 0 bridgehead atoms. The first-order valence-corrected chi connectivity index (χ1v) is 14.0. The summed E-state index contributed by atoms with van der Waals surface area (Å²) in [6.45, 7) is 4.38. The fourth-order valence-corrected chi connectivity index (χ4v) is 5.18. The molecule has 4 rings (SSSR count). The molecule has 1 aliphatic carbocycles. The molecule has 4 nitrogen and oxygen atoms in total. The van der Waals surface area contributed by atoms with Crippen LogP contribution in [0.3, 0.4) is 0 Å². The number of Topliss-reactive ketones (excluding diaryl/α,β-unsaturated/α-hetero) is 1. The number of carbonyl (C=O) groups excluding carboxylic acids is 2. The molecule has 4 heteroatoms. The first-order valence-electron chi connectivity index (χ1n) is 14.0. The van der Waals surface area contributed by atoms with Crippen molar-refractivity contribution in [2.45, 2.75) is 78.1 Å². The molecular weight excluding hydrogens is 472 g/mol. The van der Waals surface area contributed by atoms with Crippen LogP contribution in [0.4, 0.5) is 0 Å². The zero-order chi connectivity index (χ0) is 27.1. The van der Waals surface area contributed by atoms with E-state index in [2.05, 4.69) is 13.8 Å². The number of phenols is 2. The summed E-state index contributed by atoms with van der Waals surface area (Å²) in [5.41, 5.74) is 4.01. The lowest BCUT2D eigenvalue weighted by Crippen LogP contribution is -2.17. The van der Waals surface area contributed by atoms with E-state index in [1.807, 2.05) is 48.5 Å². The van der Waals surface area contributed by atoms with E-state index in [4.69, 9.17) is 0 Å². The van der Waals surface area contributed by atoms with Gasteiger partial charge < -0.3 is 10.2 Å². The highest BCUT2D eigenvalue weighted by Crippen LogP contribution is 2.43. The summed E-state index contributed by atoms with van der Waals surface area (Å²) >= 11 is 0. The zero-order valence-corrected chi connectivity index (χ0v) is 22.6. The number of phenolic OH excluding ortho intramolecular Hbond substituents is 2. The van der Waals surface area contributed by atoms with Crippen molar-refractivity contribution in [3.05, 3.63) is 88.5 Å². The summed E-state index contributed by atoms with van der Waals surface area (Å²) in [6, 6.07) is 16.9. The van der Waals surface area contributed by atoms with Crippen LogP contribution in [0.1, 0.15) is 103 Å². The van der Waals surface area contributed by atoms with Crippen LogP contribution in [0.5, 0.6) is 11.5 Å². The van der Waals surface area contributed by atoms with E-state index in [1.54, 1.807) is 0 Å². The molecule has 38 heavy (non-hydrogen) atoms. The predicted molar refractivity (Wildman–Crippen MR) is 154 cm³/mol. The molecule has 0 amide bonds. The average molecular weight is 511 g/mol. The van der Waals surface area contributed by atoms with Gasteiger partial charge in [-0.15, -0.1) is 0 Å². The lowest BCUT2D eigenvalue weighted by atomic mass is 9.83. The van der Waals surface area contributed by atoms with Crippen LogP contribution >= 0.6 is 0 Å². The monoisotopic (exact) mass is 510 g/mol. The number of unbranched alkanes of at least 4 members (excludes halogenated alkanes) is 6. The Bertz CT molecular complexity index is 1310. The number of aromatic hydroxyl groups is 2. The normalized spacial score (nSPS) is 12.9. The van der Waals surface area contributed by atoms with Crippen molar-refractivity contribution in [3.8, 4) is 22.6 Å². The molecule has 0 saturated heterocycles. The number of hydrogen-bond donors (Lipinski definition) is 2. The average Bonchev–Trinajstić information content (AvgIpc) is 2.93. The molecule has 0 radical (unpaired) electrons. The zero-order valence-electron chi connectivity index (χ0n) is 22.6. The van der Waals surface area contributed by atoms with E-state index >= 15 is 0 Å². The summed E-state index contributed by atoms with van der Waals surface area (Å²) < 4.78 is 0. The molecule has 0 unspecified atom stereocenters. The number of aryl methyl sites for hydroxylation is 2. The largest absolute Gasteiger partial charge is 0.507 e. The third kappa shape index (κ3) is 6.07. The Kier molecular flexibility index (Phi) is 9.17. The van der Waals surface area contributed by atoms with Crippen LogP contribution in [-0.4, -0.2) is 21.8 Å². The molecule has 0 fully saturated rings. The third-order valence-electron chi connectivity index (χ3n) is 7.44. The van der Waals surface area contributed by atoms with Gasteiger partial charge in [0.25, 0.3) is 0 Å². The Morgan fingerprint density at radius 1 is 0.632 bits per heavy atom.